The van der Waals surface area contributed by atoms with Gasteiger partial charge in [0.05, 0.1) is 0 Å². The van der Waals surface area contributed by atoms with E-state index in [2.05, 4.69) is 153 Å². The van der Waals surface area contributed by atoms with Crippen molar-refractivity contribution >= 4 is 10.8 Å². The first-order valence-electron chi connectivity index (χ1n) is 16.5. The van der Waals surface area contributed by atoms with Crippen molar-refractivity contribution in [3.05, 3.63) is 204 Å². The lowest BCUT2D eigenvalue weighted by atomic mass is 9.77. The second-order valence-corrected chi connectivity index (χ2v) is 12.2. The van der Waals surface area contributed by atoms with Crippen molar-refractivity contribution in [2.45, 2.75) is 19.1 Å². The Morgan fingerprint density at radius 3 is 1.76 bits per heavy atom. The van der Waals surface area contributed by atoms with E-state index in [-0.39, 0.29) is 0 Å². The molecule has 0 unspecified atom stereocenters. The van der Waals surface area contributed by atoms with E-state index in [0.717, 1.165) is 50.1 Å². The monoisotopic (exact) mass is 634 g/mol. The van der Waals surface area contributed by atoms with Gasteiger partial charge in [0.25, 0.3) is 0 Å². The maximum atomic E-state index is 6.34. The van der Waals surface area contributed by atoms with Crippen molar-refractivity contribution in [1.82, 2.24) is 20.2 Å². The first kappa shape index (κ1) is 30.0. The molecule has 0 aliphatic heterocycles. The Morgan fingerprint density at radius 2 is 1.12 bits per heavy atom. The Hall–Kier alpha value is -6.33. The summed E-state index contributed by atoms with van der Waals surface area (Å²) >= 11 is 0. The number of aromatic nitrogens is 4. The molecule has 0 bridgehead atoms. The summed E-state index contributed by atoms with van der Waals surface area (Å²) in [5, 5.41) is 16.9. The lowest BCUT2D eigenvalue weighted by Gasteiger charge is -2.34. The molecule has 7 aromatic carbocycles. The molecule has 0 amide bonds. The topological polar surface area (TPSA) is 52.8 Å². The van der Waals surface area contributed by atoms with Crippen LogP contribution in [0.25, 0.3) is 33.3 Å². The number of benzene rings is 7. The van der Waals surface area contributed by atoms with Gasteiger partial charge >= 0.3 is 0 Å². The number of aryl methyl sites for hydroxylation is 1. The Kier molecular flexibility index (Phi) is 8.00. The lowest BCUT2D eigenvalue weighted by Crippen LogP contribution is -2.39. The number of hydrogen-bond acceptors (Lipinski definition) is 4. The van der Waals surface area contributed by atoms with Crippen molar-refractivity contribution < 1.29 is 4.74 Å². The fraction of sp³-hybridized carbons (Fsp3) is 0.0682. The standard InChI is InChI=1S/C44H34N4O/c1-32-29-35-15-11-12-23-40(35)42(30-32)49-31-33-25-27-34(28-26-33)39-22-13-14-24-41(39)43-45-47-48(46-43)44(36-16-5-2-6-17-36,37-18-7-3-8-19-37)38-20-9-4-10-21-38/h2-30H,31H2,1H3. The highest BCUT2D eigenvalue weighted by Crippen LogP contribution is 2.40. The molecule has 0 aliphatic carbocycles. The van der Waals surface area contributed by atoms with Gasteiger partial charge < -0.3 is 4.74 Å². The Balaban J connectivity index is 1.15. The van der Waals surface area contributed by atoms with Gasteiger partial charge in [-0.25, -0.2) is 0 Å². The number of tetrazole rings is 1. The highest BCUT2D eigenvalue weighted by molar-refractivity contribution is 5.89. The zero-order valence-corrected chi connectivity index (χ0v) is 27.1. The van der Waals surface area contributed by atoms with Gasteiger partial charge in [0, 0.05) is 10.9 Å². The largest absolute Gasteiger partial charge is 0.488 e. The van der Waals surface area contributed by atoms with Crippen molar-refractivity contribution in [3.8, 4) is 28.3 Å². The van der Waals surface area contributed by atoms with Gasteiger partial charge in [-0.1, -0.05) is 170 Å². The lowest BCUT2D eigenvalue weighted by molar-refractivity contribution is 0.310. The molecule has 0 radical (unpaired) electrons. The molecule has 0 spiro atoms. The van der Waals surface area contributed by atoms with E-state index in [1.54, 1.807) is 4.80 Å². The number of hydrogen-bond donors (Lipinski definition) is 0. The van der Waals surface area contributed by atoms with Crippen LogP contribution in [0.1, 0.15) is 27.8 Å². The van der Waals surface area contributed by atoms with Crippen molar-refractivity contribution in [1.29, 1.82) is 0 Å². The summed E-state index contributed by atoms with van der Waals surface area (Å²) in [5.41, 5.74) is 7.57. The Labute approximate surface area is 286 Å². The average molecular weight is 635 g/mol. The second-order valence-electron chi connectivity index (χ2n) is 12.2. The molecule has 0 saturated heterocycles. The molecule has 0 aliphatic rings. The summed E-state index contributed by atoms with van der Waals surface area (Å²) in [4.78, 5) is 1.77. The first-order chi connectivity index (χ1) is 24.2. The summed E-state index contributed by atoms with van der Waals surface area (Å²) < 4.78 is 6.34. The highest BCUT2D eigenvalue weighted by Gasteiger charge is 2.41. The molecule has 0 N–H and O–H groups in total. The molecule has 1 heterocycles. The van der Waals surface area contributed by atoms with Crippen molar-refractivity contribution in [3.63, 3.8) is 0 Å². The van der Waals surface area contributed by atoms with E-state index in [1.807, 2.05) is 30.3 Å². The third kappa shape index (κ3) is 5.66. The van der Waals surface area contributed by atoms with Crippen LogP contribution >= 0.6 is 0 Å². The molecular weight excluding hydrogens is 601 g/mol. The van der Waals surface area contributed by atoms with Crippen LogP contribution in [0, 0.1) is 6.92 Å². The van der Waals surface area contributed by atoms with Gasteiger partial charge in [-0.15, -0.1) is 15.0 Å². The minimum Gasteiger partial charge on any atom is -0.488 e. The highest BCUT2D eigenvalue weighted by atomic mass is 16.5. The normalized spacial score (nSPS) is 11.4. The minimum absolute atomic E-state index is 0.478. The van der Waals surface area contributed by atoms with Crippen molar-refractivity contribution in [2.75, 3.05) is 0 Å². The molecule has 49 heavy (non-hydrogen) atoms. The van der Waals surface area contributed by atoms with Crippen LogP contribution in [-0.4, -0.2) is 20.2 Å². The van der Waals surface area contributed by atoms with Crippen LogP contribution in [0.4, 0.5) is 0 Å². The predicted octanol–water partition coefficient (Wildman–Crippen LogP) is 9.89. The molecule has 8 rings (SSSR count). The van der Waals surface area contributed by atoms with Gasteiger partial charge in [0.1, 0.15) is 12.4 Å². The molecule has 1 aromatic heterocycles. The molecule has 236 valence electrons. The van der Waals surface area contributed by atoms with Crippen LogP contribution in [0.2, 0.25) is 0 Å². The Morgan fingerprint density at radius 1 is 0.571 bits per heavy atom. The molecule has 0 atom stereocenters. The number of nitrogens with zero attached hydrogens (tertiary/aromatic N) is 4. The summed E-state index contributed by atoms with van der Waals surface area (Å²) in [6.45, 7) is 2.58. The molecule has 8 aromatic rings. The second kappa shape index (κ2) is 13.1. The van der Waals surface area contributed by atoms with E-state index < -0.39 is 5.54 Å². The van der Waals surface area contributed by atoms with E-state index in [9.17, 15) is 0 Å². The van der Waals surface area contributed by atoms with Crippen LogP contribution in [0.3, 0.4) is 0 Å². The van der Waals surface area contributed by atoms with Crippen LogP contribution in [-0.2, 0) is 12.1 Å². The first-order valence-corrected chi connectivity index (χ1v) is 16.5. The SMILES string of the molecule is Cc1cc(OCc2ccc(-c3ccccc3-c3nnn(C(c4ccccc4)(c4ccccc4)c4ccccc4)n3)cc2)c2ccccc2c1. The number of fused-ring (bicyclic) bond motifs is 1. The Bertz CT molecular complexity index is 2240. The fourth-order valence-corrected chi connectivity index (χ4v) is 6.76. The fourth-order valence-electron chi connectivity index (χ4n) is 6.76. The summed E-state index contributed by atoms with van der Waals surface area (Å²) in [6.07, 6.45) is 0. The third-order valence-electron chi connectivity index (χ3n) is 9.08. The summed E-state index contributed by atoms with van der Waals surface area (Å²) in [7, 11) is 0. The van der Waals surface area contributed by atoms with E-state index >= 15 is 0 Å². The maximum absolute atomic E-state index is 6.34. The maximum Gasteiger partial charge on any atom is 0.205 e. The van der Waals surface area contributed by atoms with E-state index in [0.29, 0.717) is 12.4 Å². The molecule has 5 nitrogen and oxygen atoms in total. The number of ether oxygens (including phenoxy) is 1. The van der Waals surface area contributed by atoms with Crippen LogP contribution < -0.4 is 4.74 Å². The zero-order chi connectivity index (χ0) is 33.0. The smallest absolute Gasteiger partial charge is 0.205 e. The summed E-state index contributed by atoms with van der Waals surface area (Å²) in [6, 6.07) is 60.6. The van der Waals surface area contributed by atoms with Gasteiger partial charge in [0.2, 0.25) is 5.82 Å². The van der Waals surface area contributed by atoms with Crippen molar-refractivity contribution in [2.24, 2.45) is 0 Å². The average Bonchev–Trinajstić information content (AvgIpc) is 3.66. The van der Waals surface area contributed by atoms with Gasteiger partial charge in [-0.3, -0.25) is 0 Å². The van der Waals surface area contributed by atoms with E-state index in [1.165, 1.54) is 10.9 Å². The molecule has 0 fully saturated rings. The van der Waals surface area contributed by atoms with Gasteiger partial charge in [-0.2, -0.15) is 0 Å². The van der Waals surface area contributed by atoms with E-state index in [4.69, 9.17) is 20.1 Å². The molecule has 5 heteroatoms. The third-order valence-corrected chi connectivity index (χ3v) is 9.08. The van der Waals surface area contributed by atoms with Gasteiger partial charge in [-0.05, 0) is 62.5 Å². The van der Waals surface area contributed by atoms with Crippen LogP contribution in [0.15, 0.2) is 176 Å². The zero-order valence-electron chi connectivity index (χ0n) is 27.1. The molecule has 0 saturated carbocycles. The molecular formula is C44H34N4O. The van der Waals surface area contributed by atoms with Crippen LogP contribution in [0.5, 0.6) is 5.75 Å². The van der Waals surface area contributed by atoms with Gasteiger partial charge in [0.15, 0.2) is 5.54 Å². The predicted molar refractivity (Wildman–Crippen MR) is 196 cm³/mol. The number of rotatable bonds is 9. The minimum atomic E-state index is -0.839. The quantitative estimate of drug-likeness (QED) is 0.148. The summed E-state index contributed by atoms with van der Waals surface area (Å²) in [5.74, 6) is 1.46.